The zero-order valence-corrected chi connectivity index (χ0v) is 27.8. The van der Waals surface area contributed by atoms with Gasteiger partial charge in [0.15, 0.2) is 0 Å². The van der Waals surface area contributed by atoms with Crippen molar-refractivity contribution < 1.29 is 23.5 Å². The quantitative estimate of drug-likeness (QED) is 0.202. The number of carbonyl (C=O) groups is 1. The Morgan fingerprint density at radius 2 is 1.50 bits per heavy atom. The third-order valence-corrected chi connectivity index (χ3v) is 8.31. The lowest BCUT2D eigenvalue weighted by Gasteiger charge is -2.39. The highest BCUT2D eigenvalue weighted by Crippen LogP contribution is 2.46. The minimum absolute atomic E-state index is 0.0541. The maximum absolute atomic E-state index is 11.2. The van der Waals surface area contributed by atoms with E-state index in [0.717, 1.165) is 27.3 Å². The van der Waals surface area contributed by atoms with Crippen molar-refractivity contribution in [3.63, 3.8) is 0 Å². The van der Waals surface area contributed by atoms with E-state index in [4.69, 9.17) is 18.7 Å². The van der Waals surface area contributed by atoms with E-state index < -0.39 is 24.0 Å². The Kier molecular flexibility index (Phi) is 11.6. The largest absolute Gasteiger partial charge is 0.488 e. The van der Waals surface area contributed by atoms with E-state index in [1.807, 2.05) is 24.4 Å². The van der Waals surface area contributed by atoms with Gasteiger partial charge in [0.1, 0.15) is 12.4 Å². The van der Waals surface area contributed by atoms with Gasteiger partial charge in [0.2, 0.25) is 18.1 Å². The first-order valence-electron chi connectivity index (χ1n) is 13.2. The summed E-state index contributed by atoms with van der Waals surface area (Å²) in [4.78, 5) is 12.2. The zero-order chi connectivity index (χ0) is 28.8. The van der Waals surface area contributed by atoms with Gasteiger partial charge in [-0.15, -0.1) is 11.3 Å². The molecule has 2 atom stereocenters. The van der Waals surface area contributed by atoms with Gasteiger partial charge in [-0.3, -0.25) is 0 Å². The second-order valence-corrected chi connectivity index (χ2v) is 17.4. The van der Waals surface area contributed by atoms with E-state index in [1.165, 1.54) is 11.6 Å². The Labute approximate surface area is 237 Å². The molecule has 0 fully saturated rings. The standard InChI is InChI=1S/C30H46O5SSi2/c1-12-20(16-26(31)32)21-15-23(36-19-21)18-33-22-13-14-24(27(29(2,3)4)34-37(8)9)25(17-22)28(30(5,6)7)35-38(10)11/h13-17,19,27-28H,12,18H2,1-11H3,(H,31,32). The molecular weight excluding hydrogens is 529 g/mol. The summed E-state index contributed by atoms with van der Waals surface area (Å²) < 4.78 is 19.6. The monoisotopic (exact) mass is 574 g/mol. The number of allylic oxidation sites excluding steroid dienone is 1. The van der Waals surface area contributed by atoms with Crippen LogP contribution in [0.4, 0.5) is 0 Å². The van der Waals surface area contributed by atoms with E-state index in [9.17, 15) is 4.79 Å². The van der Waals surface area contributed by atoms with Gasteiger partial charge in [0.05, 0.1) is 12.2 Å². The van der Waals surface area contributed by atoms with Crippen LogP contribution in [0.25, 0.3) is 5.57 Å². The van der Waals surface area contributed by atoms with Crippen molar-refractivity contribution in [1.82, 2.24) is 0 Å². The maximum atomic E-state index is 11.2. The molecule has 1 aromatic carbocycles. The van der Waals surface area contributed by atoms with Crippen LogP contribution in [0.15, 0.2) is 35.7 Å². The molecule has 38 heavy (non-hydrogen) atoms. The second kappa shape index (κ2) is 13.6. The Hall–Kier alpha value is -1.72. The molecule has 2 radical (unpaired) electrons. The Morgan fingerprint density at radius 1 is 0.947 bits per heavy atom. The van der Waals surface area contributed by atoms with Crippen LogP contribution in [-0.2, 0) is 20.3 Å². The molecule has 2 unspecified atom stereocenters. The van der Waals surface area contributed by atoms with Crippen LogP contribution in [0.2, 0.25) is 26.2 Å². The van der Waals surface area contributed by atoms with Gasteiger partial charge in [-0.2, -0.15) is 0 Å². The fourth-order valence-corrected chi connectivity index (χ4v) is 7.03. The summed E-state index contributed by atoms with van der Waals surface area (Å²) in [7, 11) is -1.90. The van der Waals surface area contributed by atoms with Crippen LogP contribution >= 0.6 is 11.3 Å². The van der Waals surface area contributed by atoms with Crippen molar-refractivity contribution >= 4 is 41.0 Å². The van der Waals surface area contributed by atoms with Gasteiger partial charge in [0, 0.05) is 11.0 Å². The number of benzene rings is 1. The van der Waals surface area contributed by atoms with E-state index >= 15 is 0 Å². The summed E-state index contributed by atoms with van der Waals surface area (Å²) in [5, 5.41) is 11.2. The summed E-state index contributed by atoms with van der Waals surface area (Å²) in [6.07, 6.45) is 1.80. The molecule has 0 amide bonds. The molecule has 8 heteroatoms. The molecular formula is C30H46O5SSi2. The normalized spacial score (nSPS) is 14.7. The van der Waals surface area contributed by atoms with Gasteiger partial charge in [-0.25, -0.2) is 4.79 Å². The van der Waals surface area contributed by atoms with Crippen molar-refractivity contribution in [2.24, 2.45) is 10.8 Å². The van der Waals surface area contributed by atoms with Crippen LogP contribution in [0.1, 0.15) is 88.7 Å². The second-order valence-electron chi connectivity index (χ2n) is 12.3. The molecule has 0 spiro atoms. The lowest BCUT2D eigenvalue weighted by molar-refractivity contribution is -0.131. The van der Waals surface area contributed by atoms with Crippen LogP contribution < -0.4 is 4.74 Å². The number of carboxylic acids is 1. The van der Waals surface area contributed by atoms with Crippen LogP contribution in [-0.4, -0.2) is 29.2 Å². The van der Waals surface area contributed by atoms with Crippen LogP contribution in [0.3, 0.4) is 0 Å². The summed E-state index contributed by atoms with van der Waals surface area (Å²) in [5.74, 6) is -0.129. The van der Waals surface area contributed by atoms with Crippen molar-refractivity contribution in [3.8, 4) is 5.75 Å². The fourth-order valence-electron chi connectivity index (χ4n) is 4.31. The first-order chi connectivity index (χ1) is 17.5. The van der Waals surface area contributed by atoms with Crippen molar-refractivity contribution in [2.75, 3.05) is 0 Å². The molecule has 0 aliphatic rings. The topological polar surface area (TPSA) is 65.0 Å². The molecule has 2 aromatic rings. The van der Waals surface area contributed by atoms with Crippen LogP contribution in [0.5, 0.6) is 5.75 Å². The number of hydrogen-bond acceptors (Lipinski definition) is 5. The van der Waals surface area contributed by atoms with Gasteiger partial charge >= 0.3 is 5.97 Å². The summed E-state index contributed by atoms with van der Waals surface area (Å²) in [6, 6.07) is 8.37. The predicted molar refractivity (Wildman–Crippen MR) is 163 cm³/mol. The number of ether oxygens (including phenoxy) is 1. The Balaban J connectivity index is 2.49. The first-order valence-corrected chi connectivity index (χ1v) is 18.9. The number of rotatable bonds is 12. The highest BCUT2D eigenvalue weighted by Gasteiger charge is 2.36. The maximum Gasteiger partial charge on any atom is 0.328 e. The smallest absolute Gasteiger partial charge is 0.328 e. The molecule has 0 aliphatic carbocycles. The van der Waals surface area contributed by atoms with Crippen molar-refractivity contribution in [3.05, 3.63) is 57.3 Å². The first kappa shape index (κ1) is 32.5. The van der Waals surface area contributed by atoms with Gasteiger partial charge in [-0.1, -0.05) is 54.5 Å². The van der Waals surface area contributed by atoms with E-state index in [0.29, 0.717) is 13.0 Å². The lowest BCUT2D eigenvalue weighted by atomic mass is 9.77. The Morgan fingerprint density at radius 3 is 1.97 bits per heavy atom. The highest BCUT2D eigenvalue weighted by atomic mass is 32.1. The molecule has 0 bridgehead atoms. The van der Waals surface area contributed by atoms with E-state index in [-0.39, 0.29) is 23.0 Å². The highest BCUT2D eigenvalue weighted by molar-refractivity contribution is 7.10. The predicted octanol–water partition coefficient (Wildman–Crippen LogP) is 8.91. The van der Waals surface area contributed by atoms with E-state index in [1.54, 1.807) is 11.3 Å². The number of thiophene rings is 1. The summed E-state index contributed by atoms with van der Waals surface area (Å²) in [6.45, 7) is 24.5. The number of carboxylic acid groups (broad SMARTS) is 1. The summed E-state index contributed by atoms with van der Waals surface area (Å²) in [5.41, 5.74) is 3.87. The van der Waals surface area contributed by atoms with Gasteiger partial charge in [0.25, 0.3) is 0 Å². The molecule has 5 nitrogen and oxygen atoms in total. The molecule has 210 valence electrons. The van der Waals surface area contributed by atoms with Gasteiger partial charge < -0.3 is 18.7 Å². The molecule has 0 saturated heterocycles. The molecule has 1 N–H and O–H groups in total. The average Bonchev–Trinajstić information content (AvgIpc) is 3.25. The SMILES string of the molecule is CCC(=CC(=O)O)c1csc(COc2ccc(C(O[Si](C)C)C(C)(C)C)c(C(O[Si](C)C)C(C)(C)C)c2)c1. The van der Waals surface area contributed by atoms with E-state index in [2.05, 4.69) is 79.9 Å². The Bertz CT molecular complexity index is 1090. The molecule has 1 heterocycles. The molecule has 2 rings (SSSR count). The average molecular weight is 575 g/mol. The molecule has 0 aliphatic heterocycles. The molecule has 1 aromatic heterocycles. The van der Waals surface area contributed by atoms with Crippen LogP contribution in [0, 0.1) is 10.8 Å². The minimum Gasteiger partial charge on any atom is -0.488 e. The fraction of sp³-hybridized carbons (Fsp3) is 0.567. The van der Waals surface area contributed by atoms with Gasteiger partial charge in [-0.05, 0) is 89.3 Å². The third-order valence-electron chi connectivity index (χ3n) is 5.99. The number of aliphatic carboxylic acids is 1. The minimum atomic E-state index is -0.967. The molecule has 0 saturated carbocycles. The summed E-state index contributed by atoms with van der Waals surface area (Å²) >= 11 is 1.58. The van der Waals surface area contributed by atoms with Crippen molar-refractivity contribution in [2.45, 2.75) is 99.9 Å². The third kappa shape index (κ3) is 9.48. The zero-order valence-electron chi connectivity index (χ0n) is 25.0. The van der Waals surface area contributed by atoms with Crippen molar-refractivity contribution in [1.29, 1.82) is 0 Å². The lowest BCUT2D eigenvalue weighted by Crippen LogP contribution is -2.31. The number of hydrogen-bond donors (Lipinski definition) is 1.